The summed E-state index contributed by atoms with van der Waals surface area (Å²) in [5.74, 6) is 5.64. The molecule has 0 radical (unpaired) electrons. The molecule has 0 aromatic heterocycles. The van der Waals surface area contributed by atoms with Crippen molar-refractivity contribution < 1.29 is 28.5 Å². The van der Waals surface area contributed by atoms with E-state index >= 15 is 0 Å². The summed E-state index contributed by atoms with van der Waals surface area (Å²) in [5, 5.41) is 3.49. The van der Waals surface area contributed by atoms with E-state index in [2.05, 4.69) is 25.1 Å². The van der Waals surface area contributed by atoms with Crippen molar-refractivity contribution in [3.8, 4) is 11.5 Å². The number of esters is 2. The van der Waals surface area contributed by atoms with Gasteiger partial charge in [0.2, 0.25) is 0 Å². The third kappa shape index (κ3) is 6.74. The first kappa shape index (κ1) is 33.5. The Bertz CT molecular complexity index is 1720. The molecule has 0 saturated heterocycles. The van der Waals surface area contributed by atoms with Gasteiger partial charge in [-0.25, -0.2) is 9.59 Å². The summed E-state index contributed by atoms with van der Waals surface area (Å²) in [5.41, 5.74) is 1.57. The van der Waals surface area contributed by atoms with Crippen LogP contribution in [0.4, 0.5) is 0 Å². The summed E-state index contributed by atoms with van der Waals surface area (Å²) in [6.45, 7) is 2.99. The van der Waals surface area contributed by atoms with Crippen molar-refractivity contribution in [2.24, 2.45) is 46.3 Å². The van der Waals surface area contributed by atoms with Gasteiger partial charge in [0.25, 0.3) is 0 Å². The van der Waals surface area contributed by atoms with Gasteiger partial charge in [-0.15, -0.1) is 0 Å². The first-order valence-electron chi connectivity index (χ1n) is 20.4. The van der Waals surface area contributed by atoms with Gasteiger partial charge < -0.3 is 18.9 Å². The van der Waals surface area contributed by atoms with Crippen molar-refractivity contribution in [2.75, 3.05) is 26.4 Å². The molecule has 51 heavy (non-hydrogen) atoms. The molecular weight excluding hydrogens is 636 g/mol. The average molecular weight is 693 g/mol. The number of carbonyl (C=O) groups is 2. The molecule has 6 heteroatoms. The largest absolute Gasteiger partial charge is 0.481 e. The Morgan fingerprint density at radius 1 is 0.588 bits per heavy atom. The van der Waals surface area contributed by atoms with E-state index in [1.165, 1.54) is 89.0 Å². The number of carbonyl (C=O) groups excluding carboxylic acids is 2. The minimum Gasteiger partial charge on any atom is -0.481 e. The predicted molar refractivity (Wildman–Crippen MR) is 199 cm³/mol. The number of rotatable bonds is 14. The first-order valence-corrected chi connectivity index (χ1v) is 20.4. The Kier molecular flexibility index (Phi) is 8.95. The molecule has 3 aromatic rings. The summed E-state index contributed by atoms with van der Waals surface area (Å²) < 4.78 is 24.9. The van der Waals surface area contributed by atoms with E-state index in [1.54, 1.807) is 0 Å². The zero-order valence-corrected chi connectivity index (χ0v) is 30.6. The molecule has 0 heterocycles. The van der Waals surface area contributed by atoms with Gasteiger partial charge in [-0.3, -0.25) is 0 Å². The molecule has 8 aliphatic carbocycles. The molecule has 8 fully saturated rings. The topological polar surface area (TPSA) is 71.1 Å². The summed E-state index contributed by atoms with van der Waals surface area (Å²) in [6, 6.07) is 14.4. The van der Waals surface area contributed by atoms with Crippen LogP contribution in [-0.2, 0) is 25.5 Å². The van der Waals surface area contributed by atoms with Gasteiger partial charge in [0.1, 0.15) is 11.5 Å². The number of hydrogen-bond acceptors (Lipinski definition) is 6. The lowest BCUT2D eigenvalue weighted by atomic mass is 9.50. The molecule has 8 aliphatic rings. The quantitative estimate of drug-likeness (QED) is 0.0952. The monoisotopic (exact) mass is 692 g/mol. The van der Waals surface area contributed by atoms with Gasteiger partial charge in [0.15, 0.2) is 13.2 Å². The second-order valence-electron chi connectivity index (χ2n) is 18.3. The van der Waals surface area contributed by atoms with Crippen LogP contribution in [0.2, 0.25) is 0 Å². The van der Waals surface area contributed by atoms with Crippen LogP contribution in [0.1, 0.15) is 109 Å². The molecule has 6 nitrogen and oxygen atoms in total. The lowest BCUT2D eigenvalue weighted by Gasteiger charge is -2.56. The lowest BCUT2D eigenvalue weighted by molar-refractivity contribution is -0.158. The summed E-state index contributed by atoms with van der Waals surface area (Å²) in [7, 11) is 0. The molecule has 8 saturated carbocycles. The first-order chi connectivity index (χ1) is 24.8. The van der Waals surface area contributed by atoms with Crippen molar-refractivity contribution in [3.05, 3.63) is 48.0 Å². The van der Waals surface area contributed by atoms with Gasteiger partial charge in [-0.2, -0.15) is 0 Å². The molecule has 272 valence electrons. The Labute approximate surface area is 303 Å². The second-order valence-corrected chi connectivity index (χ2v) is 18.3. The smallest absolute Gasteiger partial charge is 0.344 e. The number of benzene rings is 3. The van der Waals surface area contributed by atoms with Gasteiger partial charge in [0.05, 0.1) is 13.2 Å². The van der Waals surface area contributed by atoms with Crippen LogP contribution in [-0.4, -0.2) is 38.4 Å². The second kappa shape index (κ2) is 13.6. The molecule has 8 bridgehead atoms. The molecule has 11 rings (SSSR count). The zero-order valence-electron chi connectivity index (χ0n) is 30.6. The van der Waals surface area contributed by atoms with Gasteiger partial charge in [0, 0.05) is 32.4 Å². The molecule has 0 amide bonds. The van der Waals surface area contributed by atoms with Crippen molar-refractivity contribution in [3.63, 3.8) is 0 Å². The van der Waals surface area contributed by atoms with Crippen LogP contribution in [0.25, 0.3) is 21.5 Å². The van der Waals surface area contributed by atoms with Crippen LogP contribution < -0.4 is 9.47 Å². The Morgan fingerprint density at radius 2 is 1.02 bits per heavy atom. The lowest BCUT2D eigenvalue weighted by Crippen LogP contribution is -2.48. The van der Waals surface area contributed by atoms with Crippen molar-refractivity contribution in [2.45, 2.75) is 110 Å². The van der Waals surface area contributed by atoms with Crippen LogP contribution in [0.5, 0.6) is 11.5 Å². The van der Waals surface area contributed by atoms with E-state index < -0.39 is 0 Å². The van der Waals surface area contributed by atoms with Crippen LogP contribution in [0, 0.1) is 46.3 Å². The fourth-order valence-electron chi connectivity index (χ4n) is 12.9. The highest BCUT2D eigenvalue weighted by atomic mass is 16.6. The van der Waals surface area contributed by atoms with Crippen LogP contribution in [0.3, 0.4) is 0 Å². The Morgan fingerprint density at radius 3 is 1.47 bits per heavy atom. The number of ether oxygens (including phenoxy) is 4. The van der Waals surface area contributed by atoms with Gasteiger partial charge in [-0.05, 0) is 137 Å². The number of unbranched alkanes of at least 4 members (excludes halogenated alkanes) is 2. The van der Waals surface area contributed by atoms with E-state index in [-0.39, 0.29) is 36.0 Å². The van der Waals surface area contributed by atoms with Crippen LogP contribution >= 0.6 is 0 Å². The van der Waals surface area contributed by atoms with Crippen molar-refractivity contribution in [1.29, 1.82) is 0 Å². The van der Waals surface area contributed by atoms with E-state index in [4.69, 9.17) is 18.9 Å². The van der Waals surface area contributed by atoms with Gasteiger partial charge >= 0.3 is 11.9 Å². The molecule has 0 aliphatic heterocycles. The summed E-state index contributed by atoms with van der Waals surface area (Å²) >= 11 is 0. The van der Waals surface area contributed by atoms with Crippen molar-refractivity contribution in [1.82, 2.24) is 0 Å². The zero-order chi connectivity index (χ0) is 34.6. The van der Waals surface area contributed by atoms with E-state index in [9.17, 15) is 9.59 Å². The molecular formula is C45H56O6. The highest BCUT2D eigenvalue weighted by Gasteiger charge is 2.52. The number of aryl methyl sites for hydroxylation is 1. The fourth-order valence-corrected chi connectivity index (χ4v) is 12.9. The standard InChI is InChI=1S/C45H56O6/c1-2-3-4-7-29-10-11-38-39(18-29)43(49-26-41(47)51-28-45-22-33-15-34(23-45)17-35(16-33)24-45)37-9-6-5-8-36(37)42(38)48-25-40(46)50-27-44-19-30-12-31(20-44)14-32(13-30)21-44/h5-6,8-11,18,30-35H,2-4,7,12-17,19-28H2,1H3. The maximum absolute atomic E-state index is 13.3. The van der Waals surface area contributed by atoms with E-state index in [0.29, 0.717) is 24.7 Å². The number of fused-ring (bicyclic) bond motifs is 2. The molecule has 0 unspecified atom stereocenters. The van der Waals surface area contributed by atoms with Gasteiger partial charge in [-0.1, -0.05) is 56.2 Å². The summed E-state index contributed by atoms with van der Waals surface area (Å²) in [6.07, 6.45) is 19.9. The fraction of sp³-hybridized carbons (Fsp3) is 0.644. The Balaban J connectivity index is 0.926. The maximum atomic E-state index is 13.3. The SMILES string of the molecule is CCCCCc1ccc2c(OCC(=O)OCC34CC5CC(CC(C5)C3)C4)c3ccccc3c(OCC(=O)OCC34CC5CC(CC(C5)C3)C4)c2c1. The minimum absolute atomic E-state index is 0.137. The minimum atomic E-state index is -0.304. The third-order valence-electron chi connectivity index (χ3n) is 14.1. The van der Waals surface area contributed by atoms with E-state index in [1.807, 2.05) is 24.3 Å². The van der Waals surface area contributed by atoms with E-state index in [0.717, 1.165) is 76.3 Å². The Hall–Kier alpha value is -3.28. The number of hydrogen-bond donors (Lipinski definition) is 0. The molecule has 3 aromatic carbocycles. The molecule has 0 atom stereocenters. The average Bonchev–Trinajstić information content (AvgIpc) is 3.10. The highest BCUT2D eigenvalue weighted by Crippen LogP contribution is 2.61. The van der Waals surface area contributed by atoms with Crippen LogP contribution in [0.15, 0.2) is 42.5 Å². The summed E-state index contributed by atoms with van der Waals surface area (Å²) in [4.78, 5) is 26.6. The maximum Gasteiger partial charge on any atom is 0.344 e. The normalized spacial score (nSPS) is 32.8. The predicted octanol–water partition coefficient (Wildman–Crippen LogP) is 10.0. The molecule has 0 spiro atoms. The third-order valence-corrected chi connectivity index (χ3v) is 14.1. The van der Waals surface area contributed by atoms with Crippen molar-refractivity contribution >= 4 is 33.5 Å². The molecule has 0 N–H and O–H groups in total. The highest BCUT2D eigenvalue weighted by molar-refractivity contribution is 6.11.